The van der Waals surface area contributed by atoms with E-state index in [0.29, 0.717) is 30.2 Å². The SMILES string of the molecule is O=C(CCC(=O)N1CCc2sccc2C1)Nc1cccc(NC(=O)Nc2ccccc2)c1. The van der Waals surface area contributed by atoms with Gasteiger partial charge in [0.15, 0.2) is 0 Å². The molecular weight excluding hydrogens is 424 g/mol. The number of para-hydroxylation sites is 1. The number of benzene rings is 2. The lowest BCUT2D eigenvalue weighted by molar-refractivity contribution is -0.133. The molecule has 0 bridgehead atoms. The maximum absolute atomic E-state index is 12.5. The van der Waals surface area contributed by atoms with E-state index in [4.69, 9.17) is 0 Å². The summed E-state index contributed by atoms with van der Waals surface area (Å²) in [6.45, 7) is 1.32. The predicted molar refractivity (Wildman–Crippen MR) is 127 cm³/mol. The molecule has 0 saturated carbocycles. The summed E-state index contributed by atoms with van der Waals surface area (Å²) >= 11 is 1.73. The minimum absolute atomic E-state index is 0.00926. The Hall–Kier alpha value is -3.65. The molecule has 0 unspecified atom stereocenters. The van der Waals surface area contributed by atoms with Gasteiger partial charge >= 0.3 is 6.03 Å². The topological polar surface area (TPSA) is 90.5 Å². The summed E-state index contributed by atoms with van der Waals surface area (Å²) in [5, 5.41) is 10.3. The quantitative estimate of drug-likeness (QED) is 0.511. The van der Waals surface area contributed by atoms with Crippen LogP contribution in [0.15, 0.2) is 66.0 Å². The van der Waals surface area contributed by atoms with Crippen LogP contribution in [-0.4, -0.2) is 29.3 Å². The molecule has 0 aliphatic carbocycles. The molecule has 0 saturated heterocycles. The molecule has 1 aromatic heterocycles. The van der Waals surface area contributed by atoms with Crippen LogP contribution in [0.5, 0.6) is 0 Å². The number of carbonyl (C=O) groups excluding carboxylic acids is 3. The van der Waals surface area contributed by atoms with E-state index in [2.05, 4.69) is 27.4 Å². The second-order valence-corrected chi connectivity index (χ2v) is 8.51. The van der Waals surface area contributed by atoms with Gasteiger partial charge in [0, 0.05) is 47.9 Å². The molecule has 4 rings (SSSR count). The molecule has 0 radical (unpaired) electrons. The Morgan fingerprint density at radius 1 is 0.844 bits per heavy atom. The van der Waals surface area contributed by atoms with Gasteiger partial charge in [0.25, 0.3) is 0 Å². The predicted octanol–water partition coefficient (Wildman–Crippen LogP) is 4.70. The van der Waals surface area contributed by atoms with E-state index in [9.17, 15) is 14.4 Å². The van der Waals surface area contributed by atoms with Crippen molar-refractivity contribution in [1.82, 2.24) is 4.90 Å². The van der Waals surface area contributed by atoms with Crippen LogP contribution >= 0.6 is 11.3 Å². The van der Waals surface area contributed by atoms with Gasteiger partial charge in [-0.05, 0) is 53.8 Å². The number of hydrogen-bond donors (Lipinski definition) is 3. The zero-order valence-corrected chi connectivity index (χ0v) is 18.3. The molecule has 8 heteroatoms. The summed E-state index contributed by atoms with van der Waals surface area (Å²) in [6, 6.07) is 17.7. The molecule has 2 heterocycles. The molecule has 7 nitrogen and oxygen atoms in total. The number of carbonyl (C=O) groups is 3. The van der Waals surface area contributed by atoms with Crippen molar-refractivity contribution in [2.45, 2.75) is 25.8 Å². The van der Waals surface area contributed by atoms with Crippen LogP contribution < -0.4 is 16.0 Å². The van der Waals surface area contributed by atoms with Crippen LogP contribution in [0, 0.1) is 0 Å². The van der Waals surface area contributed by atoms with Crippen molar-refractivity contribution in [1.29, 1.82) is 0 Å². The third kappa shape index (κ3) is 5.73. The Balaban J connectivity index is 1.24. The molecule has 1 aliphatic rings. The van der Waals surface area contributed by atoms with Crippen molar-refractivity contribution in [3.8, 4) is 0 Å². The Labute approximate surface area is 190 Å². The second kappa shape index (κ2) is 10.1. The van der Waals surface area contributed by atoms with Crippen LogP contribution in [0.25, 0.3) is 0 Å². The Morgan fingerprint density at radius 3 is 2.38 bits per heavy atom. The van der Waals surface area contributed by atoms with Gasteiger partial charge in [0.2, 0.25) is 11.8 Å². The minimum atomic E-state index is -0.374. The number of anilines is 3. The van der Waals surface area contributed by atoms with E-state index in [-0.39, 0.29) is 30.7 Å². The highest BCUT2D eigenvalue weighted by Gasteiger charge is 2.21. The lowest BCUT2D eigenvalue weighted by Crippen LogP contribution is -2.35. The number of fused-ring (bicyclic) bond motifs is 1. The number of rotatable bonds is 6. The highest BCUT2D eigenvalue weighted by atomic mass is 32.1. The van der Waals surface area contributed by atoms with Crippen LogP contribution in [-0.2, 0) is 22.6 Å². The molecule has 2 aromatic carbocycles. The molecule has 0 spiro atoms. The molecule has 0 atom stereocenters. The standard InChI is InChI=1S/C24H24N4O3S/c29-22(9-10-23(30)28-13-11-21-17(16-28)12-14-32-21)25-19-7-4-8-20(15-19)27-24(31)26-18-5-2-1-3-6-18/h1-8,12,14-15H,9-11,13,16H2,(H,25,29)(H2,26,27,31). The van der Waals surface area contributed by atoms with Crippen molar-refractivity contribution in [2.75, 3.05) is 22.5 Å². The van der Waals surface area contributed by atoms with Gasteiger partial charge in [0.1, 0.15) is 0 Å². The lowest BCUT2D eigenvalue weighted by atomic mass is 10.1. The van der Waals surface area contributed by atoms with Gasteiger partial charge in [-0.2, -0.15) is 0 Å². The fourth-order valence-electron chi connectivity index (χ4n) is 3.55. The summed E-state index contributed by atoms with van der Waals surface area (Å²) in [6.07, 6.45) is 1.16. The van der Waals surface area contributed by atoms with Gasteiger partial charge in [-0.3, -0.25) is 9.59 Å². The summed E-state index contributed by atoms with van der Waals surface area (Å²) < 4.78 is 0. The fraction of sp³-hybridized carbons (Fsp3) is 0.208. The second-order valence-electron chi connectivity index (χ2n) is 7.51. The van der Waals surface area contributed by atoms with Crippen molar-refractivity contribution < 1.29 is 14.4 Å². The van der Waals surface area contributed by atoms with Crippen molar-refractivity contribution in [2.24, 2.45) is 0 Å². The van der Waals surface area contributed by atoms with E-state index in [1.165, 1.54) is 10.4 Å². The van der Waals surface area contributed by atoms with Crippen LogP contribution in [0.1, 0.15) is 23.3 Å². The molecule has 1 aliphatic heterocycles. The van der Waals surface area contributed by atoms with Gasteiger partial charge in [0.05, 0.1) is 0 Å². The first-order valence-corrected chi connectivity index (χ1v) is 11.3. The Bertz CT molecular complexity index is 1110. The maximum Gasteiger partial charge on any atom is 0.323 e. The van der Waals surface area contributed by atoms with Gasteiger partial charge in [-0.25, -0.2) is 4.79 Å². The fourth-order valence-corrected chi connectivity index (χ4v) is 4.44. The van der Waals surface area contributed by atoms with Crippen LogP contribution in [0.4, 0.5) is 21.9 Å². The number of urea groups is 1. The molecule has 3 N–H and O–H groups in total. The summed E-state index contributed by atoms with van der Waals surface area (Å²) in [5.41, 5.74) is 3.00. The smallest absolute Gasteiger partial charge is 0.323 e. The lowest BCUT2D eigenvalue weighted by Gasteiger charge is -2.27. The summed E-state index contributed by atoms with van der Waals surface area (Å²) in [7, 11) is 0. The van der Waals surface area contributed by atoms with E-state index < -0.39 is 0 Å². The molecular formula is C24H24N4O3S. The van der Waals surface area contributed by atoms with E-state index in [1.807, 2.05) is 23.1 Å². The monoisotopic (exact) mass is 448 g/mol. The largest absolute Gasteiger partial charge is 0.338 e. The third-order valence-electron chi connectivity index (χ3n) is 5.16. The number of thiophene rings is 1. The maximum atomic E-state index is 12.5. The minimum Gasteiger partial charge on any atom is -0.338 e. The highest BCUT2D eigenvalue weighted by molar-refractivity contribution is 7.10. The van der Waals surface area contributed by atoms with E-state index in [1.54, 1.807) is 47.7 Å². The molecule has 32 heavy (non-hydrogen) atoms. The molecule has 3 aromatic rings. The molecule has 164 valence electrons. The van der Waals surface area contributed by atoms with Crippen LogP contribution in [0.2, 0.25) is 0 Å². The van der Waals surface area contributed by atoms with Crippen molar-refractivity contribution in [3.63, 3.8) is 0 Å². The number of nitrogens with one attached hydrogen (secondary N) is 3. The first-order chi connectivity index (χ1) is 15.6. The van der Waals surface area contributed by atoms with E-state index in [0.717, 1.165) is 6.42 Å². The first kappa shape index (κ1) is 21.6. The van der Waals surface area contributed by atoms with Crippen molar-refractivity contribution >= 4 is 46.2 Å². The van der Waals surface area contributed by atoms with Crippen LogP contribution in [0.3, 0.4) is 0 Å². The average Bonchev–Trinajstić information content (AvgIpc) is 3.26. The van der Waals surface area contributed by atoms with E-state index >= 15 is 0 Å². The van der Waals surface area contributed by atoms with Gasteiger partial charge < -0.3 is 20.9 Å². The zero-order chi connectivity index (χ0) is 22.3. The third-order valence-corrected chi connectivity index (χ3v) is 6.19. The number of hydrogen-bond acceptors (Lipinski definition) is 4. The van der Waals surface area contributed by atoms with Crippen molar-refractivity contribution in [3.05, 3.63) is 76.5 Å². The van der Waals surface area contributed by atoms with Gasteiger partial charge in [-0.1, -0.05) is 24.3 Å². The molecule has 4 amide bonds. The highest BCUT2D eigenvalue weighted by Crippen LogP contribution is 2.24. The Morgan fingerprint density at radius 2 is 1.56 bits per heavy atom. The summed E-state index contributed by atoms with van der Waals surface area (Å²) in [5.74, 6) is -0.248. The Kier molecular flexibility index (Phi) is 6.81. The van der Waals surface area contributed by atoms with Gasteiger partial charge in [-0.15, -0.1) is 11.3 Å². The summed E-state index contributed by atoms with van der Waals surface area (Å²) in [4.78, 5) is 40.2. The number of amides is 4. The zero-order valence-electron chi connectivity index (χ0n) is 17.5. The first-order valence-electron chi connectivity index (χ1n) is 10.4. The normalized spacial score (nSPS) is 12.6. The number of nitrogens with zero attached hydrogens (tertiary/aromatic N) is 1. The molecule has 0 fully saturated rings. The average molecular weight is 449 g/mol.